The van der Waals surface area contributed by atoms with Crippen LogP contribution in [0.4, 0.5) is 5.69 Å². The van der Waals surface area contributed by atoms with E-state index in [0.717, 1.165) is 36.6 Å². The number of hydrogen-bond acceptors (Lipinski definition) is 3. The zero-order valence-corrected chi connectivity index (χ0v) is 18.1. The molecule has 0 spiro atoms. The molecule has 0 saturated carbocycles. The van der Waals surface area contributed by atoms with E-state index in [1.54, 1.807) is 12.1 Å². The van der Waals surface area contributed by atoms with Gasteiger partial charge in [0.15, 0.2) is 0 Å². The summed E-state index contributed by atoms with van der Waals surface area (Å²) in [5, 5.41) is 2.92. The molecule has 0 unspecified atom stereocenters. The molecule has 1 amide bonds. The van der Waals surface area contributed by atoms with Crippen molar-refractivity contribution in [2.24, 2.45) is 5.92 Å². The fourth-order valence-corrected chi connectivity index (χ4v) is 2.85. The summed E-state index contributed by atoms with van der Waals surface area (Å²) in [6, 6.07) is 14.8. The van der Waals surface area contributed by atoms with Crippen LogP contribution in [0.2, 0.25) is 0 Å². The number of hydrogen-bond donors (Lipinski definition) is 1. The Morgan fingerprint density at radius 1 is 0.828 bits per heavy atom. The summed E-state index contributed by atoms with van der Waals surface area (Å²) in [5.74, 6) is 2.11. The van der Waals surface area contributed by atoms with Crippen LogP contribution >= 0.6 is 0 Å². The summed E-state index contributed by atoms with van der Waals surface area (Å²) in [6.07, 6.45) is 7.11. The SMILES string of the molecule is CCCCCCCOc1ccc(C(=O)Nc2ccc(OCCC(C)C)cc2)cc1. The number of amides is 1. The minimum Gasteiger partial charge on any atom is -0.494 e. The molecule has 0 bridgehead atoms. The minimum absolute atomic E-state index is 0.135. The topological polar surface area (TPSA) is 47.6 Å². The van der Waals surface area contributed by atoms with Crippen LogP contribution in [0.1, 0.15) is 69.7 Å². The van der Waals surface area contributed by atoms with Gasteiger partial charge >= 0.3 is 0 Å². The van der Waals surface area contributed by atoms with Crippen molar-refractivity contribution in [3.05, 3.63) is 54.1 Å². The number of benzene rings is 2. The lowest BCUT2D eigenvalue weighted by Gasteiger charge is -2.10. The van der Waals surface area contributed by atoms with Crippen molar-refractivity contribution >= 4 is 11.6 Å². The van der Waals surface area contributed by atoms with Crippen molar-refractivity contribution in [1.82, 2.24) is 0 Å². The van der Waals surface area contributed by atoms with E-state index in [4.69, 9.17) is 9.47 Å². The molecule has 0 aliphatic heterocycles. The van der Waals surface area contributed by atoms with Crippen molar-refractivity contribution in [2.45, 2.75) is 59.3 Å². The normalized spacial score (nSPS) is 10.8. The van der Waals surface area contributed by atoms with E-state index in [2.05, 4.69) is 26.1 Å². The number of unbranched alkanes of at least 4 members (excludes halogenated alkanes) is 4. The molecule has 4 nitrogen and oxygen atoms in total. The Morgan fingerprint density at radius 3 is 2.03 bits per heavy atom. The monoisotopic (exact) mass is 397 g/mol. The van der Waals surface area contributed by atoms with Crippen molar-refractivity contribution in [1.29, 1.82) is 0 Å². The molecule has 158 valence electrons. The van der Waals surface area contributed by atoms with E-state index in [9.17, 15) is 4.79 Å². The zero-order valence-electron chi connectivity index (χ0n) is 18.1. The molecule has 0 radical (unpaired) electrons. The molecule has 0 aromatic heterocycles. The Morgan fingerprint density at radius 2 is 1.41 bits per heavy atom. The van der Waals surface area contributed by atoms with E-state index in [0.29, 0.717) is 18.1 Å². The van der Waals surface area contributed by atoms with Crippen molar-refractivity contribution < 1.29 is 14.3 Å². The molecule has 0 heterocycles. The lowest BCUT2D eigenvalue weighted by Crippen LogP contribution is -2.11. The maximum atomic E-state index is 12.4. The summed E-state index contributed by atoms with van der Waals surface area (Å²) >= 11 is 0. The predicted octanol–water partition coefficient (Wildman–Crippen LogP) is 6.71. The quantitative estimate of drug-likeness (QED) is 0.382. The van der Waals surface area contributed by atoms with Gasteiger partial charge in [0.05, 0.1) is 13.2 Å². The van der Waals surface area contributed by atoms with Gasteiger partial charge in [0.2, 0.25) is 0 Å². The lowest BCUT2D eigenvalue weighted by molar-refractivity contribution is 0.102. The molecule has 29 heavy (non-hydrogen) atoms. The standard InChI is InChI=1S/C25H35NO3/c1-4-5-6-7-8-18-28-23-13-9-21(10-14-23)25(27)26-22-11-15-24(16-12-22)29-19-17-20(2)3/h9-16,20H,4-8,17-19H2,1-3H3,(H,26,27). The molecule has 0 fully saturated rings. The van der Waals surface area contributed by atoms with Crippen LogP contribution in [0, 0.1) is 5.92 Å². The number of nitrogens with one attached hydrogen (secondary N) is 1. The van der Waals surface area contributed by atoms with Crippen LogP contribution in [0.3, 0.4) is 0 Å². The maximum absolute atomic E-state index is 12.4. The van der Waals surface area contributed by atoms with Gasteiger partial charge in [-0.1, -0.05) is 46.5 Å². The number of carbonyl (C=O) groups excluding carboxylic acids is 1. The molecule has 2 aromatic carbocycles. The summed E-state index contributed by atoms with van der Waals surface area (Å²) < 4.78 is 11.5. The Bertz CT molecular complexity index is 708. The van der Waals surface area contributed by atoms with Crippen LogP contribution in [0.5, 0.6) is 11.5 Å². The van der Waals surface area contributed by atoms with Gasteiger partial charge in [0.1, 0.15) is 11.5 Å². The minimum atomic E-state index is -0.135. The average molecular weight is 398 g/mol. The van der Waals surface area contributed by atoms with Gasteiger partial charge in [-0.15, -0.1) is 0 Å². The van der Waals surface area contributed by atoms with Crippen molar-refractivity contribution in [3.8, 4) is 11.5 Å². The van der Waals surface area contributed by atoms with Crippen LogP contribution in [-0.2, 0) is 0 Å². The van der Waals surface area contributed by atoms with E-state index < -0.39 is 0 Å². The smallest absolute Gasteiger partial charge is 0.255 e. The third kappa shape index (κ3) is 9.03. The summed E-state index contributed by atoms with van der Waals surface area (Å²) in [4.78, 5) is 12.4. The van der Waals surface area contributed by atoms with Gasteiger partial charge in [0.25, 0.3) is 5.91 Å². The van der Waals surface area contributed by atoms with Gasteiger partial charge in [-0.3, -0.25) is 4.79 Å². The maximum Gasteiger partial charge on any atom is 0.255 e. The number of anilines is 1. The largest absolute Gasteiger partial charge is 0.494 e. The first kappa shape index (κ1) is 22.8. The van der Waals surface area contributed by atoms with E-state index in [1.807, 2.05) is 36.4 Å². The first-order chi connectivity index (χ1) is 14.1. The molecule has 0 aliphatic carbocycles. The summed E-state index contributed by atoms with van der Waals surface area (Å²) in [5.41, 5.74) is 1.36. The van der Waals surface area contributed by atoms with Gasteiger partial charge in [-0.25, -0.2) is 0 Å². The lowest BCUT2D eigenvalue weighted by atomic mass is 10.1. The Balaban J connectivity index is 1.75. The first-order valence-corrected chi connectivity index (χ1v) is 10.9. The van der Waals surface area contributed by atoms with Gasteiger partial charge in [-0.05, 0) is 67.3 Å². The molecular weight excluding hydrogens is 362 g/mol. The van der Waals surface area contributed by atoms with Gasteiger partial charge in [0, 0.05) is 11.3 Å². The van der Waals surface area contributed by atoms with Crippen LogP contribution in [0.25, 0.3) is 0 Å². The second kappa shape index (κ2) is 12.9. The molecule has 0 saturated heterocycles. The molecular formula is C25H35NO3. The first-order valence-electron chi connectivity index (χ1n) is 10.9. The van der Waals surface area contributed by atoms with Crippen LogP contribution in [0.15, 0.2) is 48.5 Å². The predicted molar refractivity (Wildman–Crippen MR) is 120 cm³/mol. The average Bonchev–Trinajstić information content (AvgIpc) is 2.72. The van der Waals surface area contributed by atoms with E-state index in [-0.39, 0.29) is 5.91 Å². The highest BCUT2D eigenvalue weighted by molar-refractivity contribution is 6.04. The molecule has 2 rings (SSSR count). The van der Waals surface area contributed by atoms with Crippen molar-refractivity contribution in [3.63, 3.8) is 0 Å². The van der Waals surface area contributed by atoms with Crippen LogP contribution < -0.4 is 14.8 Å². The third-order valence-corrected chi connectivity index (χ3v) is 4.71. The highest BCUT2D eigenvalue weighted by Crippen LogP contribution is 2.18. The fraction of sp³-hybridized carbons (Fsp3) is 0.480. The van der Waals surface area contributed by atoms with Crippen molar-refractivity contribution in [2.75, 3.05) is 18.5 Å². The zero-order chi connectivity index (χ0) is 20.9. The number of rotatable bonds is 13. The van der Waals surface area contributed by atoms with Gasteiger partial charge in [-0.2, -0.15) is 0 Å². The Hall–Kier alpha value is -2.49. The highest BCUT2D eigenvalue weighted by Gasteiger charge is 2.07. The Kier molecular flexibility index (Phi) is 10.1. The van der Waals surface area contributed by atoms with Crippen LogP contribution in [-0.4, -0.2) is 19.1 Å². The summed E-state index contributed by atoms with van der Waals surface area (Å²) in [7, 11) is 0. The summed E-state index contributed by atoms with van der Waals surface area (Å²) in [6.45, 7) is 7.99. The molecule has 1 N–H and O–H groups in total. The number of carbonyl (C=O) groups is 1. The van der Waals surface area contributed by atoms with E-state index in [1.165, 1.54) is 25.7 Å². The second-order valence-electron chi connectivity index (χ2n) is 7.80. The van der Waals surface area contributed by atoms with E-state index >= 15 is 0 Å². The Labute approximate surface area is 175 Å². The fourth-order valence-electron chi connectivity index (χ4n) is 2.85. The van der Waals surface area contributed by atoms with Gasteiger partial charge < -0.3 is 14.8 Å². The molecule has 0 aliphatic rings. The second-order valence-corrected chi connectivity index (χ2v) is 7.80. The highest BCUT2D eigenvalue weighted by atomic mass is 16.5. The molecule has 2 aromatic rings. The molecule has 0 atom stereocenters. The number of ether oxygens (including phenoxy) is 2. The molecule has 4 heteroatoms. The third-order valence-electron chi connectivity index (χ3n) is 4.71.